The Morgan fingerprint density at radius 1 is 1.30 bits per heavy atom. The molecule has 0 aromatic heterocycles. The van der Waals surface area contributed by atoms with Crippen LogP contribution in [0.1, 0.15) is 20.3 Å². The Balaban J connectivity index is 2.89. The molecule has 5 nitrogen and oxygen atoms in total. The number of benzene rings is 1. The zero-order valence-electron chi connectivity index (χ0n) is 13.2. The highest BCUT2D eigenvalue weighted by atomic mass is 32.2. The van der Waals surface area contributed by atoms with Gasteiger partial charge >= 0.3 is 6.36 Å². The number of rotatable bonds is 7. The number of nitrogens with two attached hydrogens (primary N) is 1. The van der Waals surface area contributed by atoms with Crippen LogP contribution in [0.2, 0.25) is 0 Å². The Hall–Kier alpha value is -1.32. The van der Waals surface area contributed by atoms with Crippen LogP contribution in [0.25, 0.3) is 0 Å². The van der Waals surface area contributed by atoms with E-state index in [1.807, 2.05) is 13.8 Å². The molecule has 0 saturated carbocycles. The van der Waals surface area contributed by atoms with E-state index in [-0.39, 0.29) is 23.4 Å². The van der Waals surface area contributed by atoms with Crippen molar-refractivity contribution in [2.75, 3.05) is 13.6 Å². The first-order valence-corrected chi connectivity index (χ1v) is 8.45. The number of nitrogens with zero attached hydrogens (tertiary/aromatic N) is 1. The lowest BCUT2D eigenvalue weighted by molar-refractivity contribution is -0.274. The van der Waals surface area contributed by atoms with E-state index < -0.39 is 22.1 Å². The van der Waals surface area contributed by atoms with E-state index >= 15 is 0 Å². The molecule has 0 heterocycles. The standard InChI is InChI=1S/C14H21F3N2O3S/c1-10(2)13(18)7-8-19(3)23(20,21)12-6-4-5-11(9-12)22-14(15,16)17/h4-6,9-10,13H,7-8,18H2,1-3H3. The van der Waals surface area contributed by atoms with Crippen LogP contribution in [0.3, 0.4) is 0 Å². The third-order valence-electron chi connectivity index (χ3n) is 3.38. The van der Waals surface area contributed by atoms with Crippen molar-refractivity contribution in [1.29, 1.82) is 0 Å². The minimum Gasteiger partial charge on any atom is -0.406 e. The van der Waals surface area contributed by atoms with Crippen molar-refractivity contribution in [3.05, 3.63) is 24.3 Å². The zero-order valence-corrected chi connectivity index (χ0v) is 14.0. The molecule has 1 aromatic carbocycles. The van der Waals surface area contributed by atoms with Gasteiger partial charge in [0, 0.05) is 25.7 Å². The summed E-state index contributed by atoms with van der Waals surface area (Å²) in [5.41, 5.74) is 5.87. The number of sulfonamides is 1. The molecule has 0 aliphatic heterocycles. The Labute approximate surface area is 134 Å². The number of ether oxygens (including phenoxy) is 1. The topological polar surface area (TPSA) is 72.6 Å². The number of alkyl halides is 3. The van der Waals surface area contributed by atoms with Crippen LogP contribution in [0.4, 0.5) is 13.2 Å². The number of halogens is 3. The summed E-state index contributed by atoms with van der Waals surface area (Å²) in [7, 11) is -2.55. The highest BCUT2D eigenvalue weighted by molar-refractivity contribution is 7.89. The maximum absolute atomic E-state index is 12.4. The van der Waals surface area contributed by atoms with E-state index in [0.29, 0.717) is 6.42 Å². The van der Waals surface area contributed by atoms with Crippen LogP contribution in [0, 0.1) is 5.92 Å². The quantitative estimate of drug-likeness (QED) is 0.817. The lowest BCUT2D eigenvalue weighted by Crippen LogP contribution is -2.34. The normalized spacial score (nSPS) is 14.3. The van der Waals surface area contributed by atoms with Crippen molar-refractivity contribution in [1.82, 2.24) is 4.31 Å². The van der Waals surface area contributed by atoms with Crippen LogP contribution in [-0.4, -0.2) is 38.7 Å². The van der Waals surface area contributed by atoms with Gasteiger partial charge in [-0.2, -0.15) is 0 Å². The Morgan fingerprint density at radius 3 is 2.43 bits per heavy atom. The van der Waals surface area contributed by atoms with Gasteiger partial charge in [0.05, 0.1) is 4.90 Å². The molecule has 23 heavy (non-hydrogen) atoms. The molecule has 1 unspecified atom stereocenters. The van der Waals surface area contributed by atoms with Gasteiger partial charge in [-0.3, -0.25) is 0 Å². The van der Waals surface area contributed by atoms with E-state index in [9.17, 15) is 21.6 Å². The van der Waals surface area contributed by atoms with E-state index in [0.717, 1.165) is 16.4 Å². The summed E-state index contributed by atoms with van der Waals surface area (Å²) >= 11 is 0. The molecule has 1 rings (SSSR count). The lowest BCUT2D eigenvalue weighted by Gasteiger charge is -2.21. The second kappa shape index (κ2) is 7.50. The SMILES string of the molecule is CC(C)C(N)CCN(C)S(=O)(=O)c1cccc(OC(F)(F)F)c1. The minimum atomic E-state index is -4.88. The van der Waals surface area contributed by atoms with Crippen LogP contribution in [0.15, 0.2) is 29.2 Å². The predicted molar refractivity (Wildman–Crippen MR) is 80.4 cm³/mol. The van der Waals surface area contributed by atoms with E-state index in [1.165, 1.54) is 19.2 Å². The molecule has 0 bridgehead atoms. The molecule has 0 amide bonds. The summed E-state index contributed by atoms with van der Waals surface area (Å²) in [6, 6.07) is 4.15. The highest BCUT2D eigenvalue weighted by Gasteiger charge is 2.32. The summed E-state index contributed by atoms with van der Waals surface area (Å²) in [6.45, 7) is 4.03. The fourth-order valence-corrected chi connectivity index (χ4v) is 3.02. The molecular weight excluding hydrogens is 333 g/mol. The molecule has 0 aliphatic carbocycles. The number of hydrogen-bond acceptors (Lipinski definition) is 4. The van der Waals surface area contributed by atoms with Gasteiger partial charge in [-0.05, 0) is 24.5 Å². The summed E-state index contributed by atoms with van der Waals surface area (Å²) in [5.74, 6) is -0.375. The fourth-order valence-electron chi connectivity index (χ4n) is 1.80. The maximum Gasteiger partial charge on any atom is 0.573 e. The van der Waals surface area contributed by atoms with Crippen LogP contribution < -0.4 is 10.5 Å². The first-order chi connectivity index (χ1) is 10.4. The molecule has 9 heteroatoms. The average molecular weight is 354 g/mol. The molecule has 1 atom stereocenters. The van der Waals surface area contributed by atoms with E-state index in [2.05, 4.69) is 4.74 Å². The van der Waals surface area contributed by atoms with E-state index in [4.69, 9.17) is 5.73 Å². The highest BCUT2D eigenvalue weighted by Crippen LogP contribution is 2.26. The Morgan fingerprint density at radius 2 is 1.91 bits per heavy atom. The summed E-state index contributed by atoms with van der Waals surface area (Å²) in [4.78, 5) is -0.264. The van der Waals surface area contributed by atoms with Crippen molar-refractivity contribution in [2.45, 2.75) is 37.6 Å². The first-order valence-electron chi connectivity index (χ1n) is 7.01. The van der Waals surface area contributed by atoms with Gasteiger partial charge in [0.2, 0.25) is 10.0 Å². The molecule has 1 aromatic rings. The van der Waals surface area contributed by atoms with Crippen molar-refractivity contribution in [3.8, 4) is 5.75 Å². The minimum absolute atomic E-state index is 0.160. The molecular formula is C14H21F3N2O3S. The zero-order chi connectivity index (χ0) is 17.8. The fraction of sp³-hybridized carbons (Fsp3) is 0.571. The van der Waals surface area contributed by atoms with Crippen LogP contribution >= 0.6 is 0 Å². The van der Waals surface area contributed by atoms with E-state index in [1.54, 1.807) is 0 Å². The Kier molecular flexibility index (Phi) is 6.43. The molecule has 0 spiro atoms. The van der Waals surface area contributed by atoms with Gasteiger partial charge in [-0.25, -0.2) is 12.7 Å². The first kappa shape index (κ1) is 19.7. The smallest absolute Gasteiger partial charge is 0.406 e. The molecule has 0 fully saturated rings. The molecule has 0 saturated heterocycles. The van der Waals surface area contributed by atoms with Gasteiger partial charge in [-0.1, -0.05) is 19.9 Å². The monoisotopic (exact) mass is 354 g/mol. The van der Waals surface area contributed by atoms with Gasteiger partial charge in [0.15, 0.2) is 0 Å². The molecule has 0 aliphatic rings. The van der Waals surface area contributed by atoms with Crippen molar-refractivity contribution in [3.63, 3.8) is 0 Å². The van der Waals surface area contributed by atoms with Gasteiger partial charge < -0.3 is 10.5 Å². The summed E-state index contributed by atoms with van der Waals surface area (Å²) in [5, 5.41) is 0. The maximum atomic E-state index is 12.4. The predicted octanol–water partition coefficient (Wildman–Crippen LogP) is 2.58. The Bertz CT molecular complexity index is 618. The summed E-state index contributed by atoms with van der Waals surface area (Å²) in [6.07, 6.45) is -4.43. The van der Waals surface area contributed by atoms with Gasteiger partial charge in [-0.15, -0.1) is 13.2 Å². The molecule has 0 radical (unpaired) electrons. The summed E-state index contributed by atoms with van der Waals surface area (Å²) < 4.78 is 66.2. The third kappa shape index (κ3) is 6.00. The van der Waals surface area contributed by atoms with Gasteiger partial charge in [0.1, 0.15) is 5.75 Å². The van der Waals surface area contributed by atoms with Crippen molar-refractivity contribution >= 4 is 10.0 Å². The second-order valence-corrected chi connectivity index (χ2v) is 7.59. The number of hydrogen-bond donors (Lipinski definition) is 1. The average Bonchev–Trinajstić information content (AvgIpc) is 2.42. The van der Waals surface area contributed by atoms with Crippen molar-refractivity contribution in [2.24, 2.45) is 11.7 Å². The second-order valence-electron chi connectivity index (χ2n) is 5.55. The molecule has 132 valence electrons. The molecule has 2 N–H and O–H groups in total. The third-order valence-corrected chi connectivity index (χ3v) is 5.23. The largest absolute Gasteiger partial charge is 0.573 e. The van der Waals surface area contributed by atoms with Crippen LogP contribution in [-0.2, 0) is 10.0 Å². The lowest BCUT2D eigenvalue weighted by atomic mass is 10.0. The van der Waals surface area contributed by atoms with Gasteiger partial charge in [0.25, 0.3) is 0 Å². The van der Waals surface area contributed by atoms with Crippen LogP contribution in [0.5, 0.6) is 5.75 Å². The van der Waals surface area contributed by atoms with Crippen molar-refractivity contribution < 1.29 is 26.3 Å².